The lowest BCUT2D eigenvalue weighted by molar-refractivity contribution is -0.432. The first-order chi connectivity index (χ1) is 8.10. The smallest absolute Gasteiger partial charge is 0.281 e. The molecule has 18 heavy (non-hydrogen) atoms. The summed E-state index contributed by atoms with van der Waals surface area (Å²) in [7, 11) is 1.84. The summed E-state index contributed by atoms with van der Waals surface area (Å²) in [6, 6.07) is 0. The van der Waals surface area contributed by atoms with Crippen LogP contribution in [0.5, 0.6) is 0 Å². The van der Waals surface area contributed by atoms with Crippen molar-refractivity contribution in [1.29, 1.82) is 0 Å². The van der Waals surface area contributed by atoms with Gasteiger partial charge in [0.1, 0.15) is 11.4 Å². The maximum absolute atomic E-state index is 11.2. The second kappa shape index (κ2) is 3.66. The van der Waals surface area contributed by atoms with E-state index in [1.54, 1.807) is 13.8 Å². The largest absolute Gasteiger partial charge is 0.335 e. The van der Waals surface area contributed by atoms with Gasteiger partial charge in [0.25, 0.3) is 5.70 Å². The third-order valence-electron chi connectivity index (χ3n) is 3.85. The third kappa shape index (κ3) is 1.54. The van der Waals surface area contributed by atoms with Gasteiger partial charge in [-0.3, -0.25) is 15.0 Å². The van der Waals surface area contributed by atoms with Crippen molar-refractivity contribution in [2.45, 2.75) is 38.9 Å². The minimum Gasteiger partial charge on any atom is -0.335 e. The zero-order chi connectivity index (χ0) is 13.9. The molecule has 2 heterocycles. The number of nitro groups is 1. The molecule has 0 spiro atoms. The Kier molecular flexibility index (Phi) is 2.69. The molecule has 1 saturated heterocycles. The molecule has 7 nitrogen and oxygen atoms in total. The predicted molar refractivity (Wildman–Crippen MR) is 65.1 cm³/mol. The van der Waals surface area contributed by atoms with Crippen LogP contribution in [0.25, 0.3) is 0 Å². The summed E-state index contributed by atoms with van der Waals surface area (Å²) in [6.45, 7) is 8.20. The Morgan fingerprint density at radius 3 is 2.39 bits per heavy atom. The summed E-state index contributed by atoms with van der Waals surface area (Å²) in [5.74, 6) is 0. The van der Waals surface area contributed by atoms with Gasteiger partial charge in [0.2, 0.25) is 0 Å². The second-order valence-electron chi connectivity index (χ2n) is 6.00. The van der Waals surface area contributed by atoms with Gasteiger partial charge in [-0.15, -0.1) is 0 Å². The molecule has 0 radical (unpaired) electrons. The third-order valence-corrected chi connectivity index (χ3v) is 3.85. The van der Waals surface area contributed by atoms with Gasteiger partial charge in [0.15, 0.2) is 0 Å². The first-order valence-electron chi connectivity index (χ1n) is 5.93. The van der Waals surface area contributed by atoms with Crippen molar-refractivity contribution in [3.63, 3.8) is 0 Å². The lowest BCUT2D eigenvalue weighted by atomic mass is 9.98. The Balaban J connectivity index is 2.65. The molecule has 0 saturated carbocycles. The van der Waals surface area contributed by atoms with E-state index in [0.717, 1.165) is 0 Å². The van der Waals surface area contributed by atoms with Crippen LogP contribution in [0.15, 0.2) is 11.4 Å². The molecule has 1 N–H and O–H groups in total. The van der Waals surface area contributed by atoms with Gasteiger partial charge in [-0.25, -0.2) is 0 Å². The fraction of sp³-hybridized carbons (Fsp3) is 0.818. The minimum atomic E-state index is -0.757. The number of hydrogen-bond acceptors (Lipinski definition) is 6. The van der Waals surface area contributed by atoms with Crippen molar-refractivity contribution in [2.24, 2.45) is 0 Å². The highest BCUT2D eigenvalue weighted by Gasteiger charge is 2.58. The molecule has 2 aliphatic heterocycles. The molecule has 7 heteroatoms. The molecule has 0 atom stereocenters. The molecule has 2 aliphatic rings. The Labute approximate surface area is 106 Å². The SMILES string of the molecule is CN1CC([N+](=O)[O-])=C2N(C1)C(C)(C)N(O)C2(C)C. The molecule has 0 aromatic rings. The molecular weight excluding hydrogens is 236 g/mol. The number of fused-ring (bicyclic) bond motifs is 1. The molecule has 0 aromatic heterocycles. The van der Waals surface area contributed by atoms with Gasteiger partial charge in [0, 0.05) is 0 Å². The average molecular weight is 256 g/mol. The van der Waals surface area contributed by atoms with Crippen LogP contribution in [-0.4, -0.2) is 56.5 Å². The van der Waals surface area contributed by atoms with Crippen molar-refractivity contribution in [2.75, 3.05) is 20.3 Å². The molecular formula is C11H20N4O3. The Bertz CT molecular complexity index is 430. The first kappa shape index (κ1) is 13.3. The van der Waals surface area contributed by atoms with E-state index >= 15 is 0 Å². The summed E-state index contributed by atoms with van der Waals surface area (Å²) in [5.41, 5.74) is -0.640. The van der Waals surface area contributed by atoms with Gasteiger partial charge in [-0.2, -0.15) is 5.06 Å². The number of rotatable bonds is 1. The van der Waals surface area contributed by atoms with Crippen LogP contribution in [-0.2, 0) is 0 Å². The molecule has 0 bridgehead atoms. The van der Waals surface area contributed by atoms with E-state index in [1.165, 1.54) is 5.06 Å². The first-order valence-corrected chi connectivity index (χ1v) is 5.93. The molecule has 0 unspecified atom stereocenters. The summed E-state index contributed by atoms with van der Waals surface area (Å²) in [4.78, 5) is 14.7. The van der Waals surface area contributed by atoms with E-state index in [2.05, 4.69) is 0 Å². The lowest BCUT2D eigenvalue weighted by Gasteiger charge is -2.40. The van der Waals surface area contributed by atoms with Crippen LogP contribution in [0.4, 0.5) is 0 Å². The zero-order valence-corrected chi connectivity index (χ0v) is 11.5. The lowest BCUT2D eigenvalue weighted by Crippen LogP contribution is -2.53. The molecule has 1 fully saturated rings. The average Bonchev–Trinajstić information content (AvgIpc) is 2.37. The normalized spacial score (nSPS) is 27.6. The van der Waals surface area contributed by atoms with E-state index in [-0.39, 0.29) is 10.6 Å². The van der Waals surface area contributed by atoms with Gasteiger partial charge >= 0.3 is 0 Å². The highest BCUT2D eigenvalue weighted by molar-refractivity contribution is 5.29. The number of hydrogen-bond donors (Lipinski definition) is 1. The zero-order valence-electron chi connectivity index (χ0n) is 11.5. The van der Waals surface area contributed by atoms with Crippen molar-refractivity contribution >= 4 is 0 Å². The molecule has 0 aliphatic carbocycles. The van der Waals surface area contributed by atoms with Gasteiger partial charge < -0.3 is 10.1 Å². The quantitative estimate of drug-likeness (QED) is 0.555. The number of nitrogens with zero attached hydrogens (tertiary/aromatic N) is 4. The van der Waals surface area contributed by atoms with E-state index in [0.29, 0.717) is 18.9 Å². The van der Waals surface area contributed by atoms with Crippen molar-refractivity contribution < 1.29 is 10.1 Å². The Morgan fingerprint density at radius 2 is 1.89 bits per heavy atom. The van der Waals surface area contributed by atoms with Crippen LogP contribution < -0.4 is 0 Å². The summed E-state index contributed by atoms with van der Waals surface area (Å²) < 4.78 is 0. The highest BCUT2D eigenvalue weighted by atomic mass is 16.6. The van der Waals surface area contributed by atoms with E-state index < -0.39 is 11.2 Å². The van der Waals surface area contributed by atoms with Crippen LogP contribution in [0.2, 0.25) is 0 Å². The number of likely N-dealkylation sites (N-methyl/N-ethyl adjacent to an activating group) is 1. The van der Waals surface area contributed by atoms with E-state index in [9.17, 15) is 15.3 Å². The molecule has 2 rings (SSSR count). The summed E-state index contributed by atoms with van der Waals surface area (Å²) in [6.07, 6.45) is 0. The Morgan fingerprint density at radius 1 is 1.33 bits per heavy atom. The van der Waals surface area contributed by atoms with Crippen LogP contribution in [0, 0.1) is 10.1 Å². The minimum absolute atomic E-state index is 0.165. The maximum atomic E-state index is 11.2. The predicted octanol–water partition coefficient (Wildman–Crippen LogP) is 0.899. The van der Waals surface area contributed by atoms with Gasteiger partial charge in [-0.05, 0) is 34.7 Å². The van der Waals surface area contributed by atoms with Gasteiger partial charge in [0.05, 0.1) is 23.7 Å². The van der Waals surface area contributed by atoms with Crippen LogP contribution >= 0.6 is 0 Å². The van der Waals surface area contributed by atoms with E-state index in [4.69, 9.17) is 0 Å². The summed E-state index contributed by atoms with van der Waals surface area (Å²) in [5, 5.41) is 22.8. The highest BCUT2D eigenvalue weighted by Crippen LogP contribution is 2.46. The van der Waals surface area contributed by atoms with Crippen molar-refractivity contribution in [1.82, 2.24) is 14.9 Å². The Hall–Kier alpha value is -1.18. The van der Waals surface area contributed by atoms with E-state index in [1.807, 2.05) is 30.7 Å². The second-order valence-corrected chi connectivity index (χ2v) is 6.00. The van der Waals surface area contributed by atoms with Crippen LogP contribution in [0.1, 0.15) is 27.7 Å². The summed E-state index contributed by atoms with van der Waals surface area (Å²) >= 11 is 0. The van der Waals surface area contributed by atoms with Gasteiger partial charge in [-0.1, -0.05) is 0 Å². The maximum Gasteiger partial charge on any atom is 0.281 e. The monoisotopic (exact) mass is 256 g/mol. The fourth-order valence-electron chi connectivity index (χ4n) is 3.02. The standard InChI is InChI=1S/C11H20N4O3/c1-10(2)9-8(14(16)17)6-12(5)7-13(9)11(3,4)15(10)18/h18H,6-7H2,1-5H3. The number of hydroxylamine groups is 2. The topological polar surface area (TPSA) is 73.1 Å². The molecule has 0 amide bonds. The van der Waals surface area contributed by atoms with Crippen LogP contribution in [0.3, 0.4) is 0 Å². The van der Waals surface area contributed by atoms with Crippen molar-refractivity contribution in [3.05, 3.63) is 21.5 Å². The van der Waals surface area contributed by atoms with Crippen molar-refractivity contribution in [3.8, 4) is 0 Å². The molecule has 102 valence electrons. The fourth-order valence-corrected chi connectivity index (χ4v) is 3.02. The molecule has 0 aromatic carbocycles.